The van der Waals surface area contributed by atoms with E-state index in [0.29, 0.717) is 11.1 Å². The molecule has 2 aromatic rings. The van der Waals surface area contributed by atoms with Crippen molar-refractivity contribution in [1.29, 1.82) is 0 Å². The number of carbonyl (C=O) groups excluding carboxylic acids is 1. The van der Waals surface area contributed by atoms with E-state index in [1.54, 1.807) is 30.3 Å². The number of hydrogen-bond donors (Lipinski definition) is 1. The van der Waals surface area contributed by atoms with Crippen LogP contribution in [0.4, 0.5) is 0 Å². The number of carbonyl (C=O) groups is 1. The van der Waals surface area contributed by atoms with Gasteiger partial charge in [-0.2, -0.15) is 0 Å². The van der Waals surface area contributed by atoms with E-state index < -0.39 is 16.0 Å². The second-order valence-electron chi connectivity index (χ2n) is 4.56. The van der Waals surface area contributed by atoms with Crippen LogP contribution in [-0.4, -0.2) is 21.5 Å². The topological polar surface area (TPSA) is 72.5 Å². The fourth-order valence-electron chi connectivity index (χ4n) is 1.87. The third kappa shape index (κ3) is 4.23. The molecule has 0 aromatic heterocycles. The molecule has 0 amide bonds. The molecule has 2 rings (SSSR count). The van der Waals surface area contributed by atoms with Gasteiger partial charge >= 0.3 is 5.97 Å². The van der Waals surface area contributed by atoms with Gasteiger partial charge in [0.2, 0.25) is 10.0 Å². The van der Waals surface area contributed by atoms with Gasteiger partial charge in [-0.1, -0.05) is 41.4 Å². The fourth-order valence-corrected chi connectivity index (χ4v) is 4.02. The normalized spacial score (nSPS) is 11.3. The number of rotatable bonds is 5. The van der Waals surface area contributed by atoms with Crippen molar-refractivity contribution in [2.75, 3.05) is 7.11 Å². The van der Waals surface area contributed by atoms with Gasteiger partial charge in [-0.3, -0.25) is 0 Å². The Kier molecular flexibility index (Phi) is 5.64. The van der Waals surface area contributed by atoms with Crippen LogP contribution < -0.4 is 4.72 Å². The SMILES string of the molecule is COC(=O)c1ccc(CNS(=O)(=O)c2c(Cl)cccc2Cl)cc1. The molecule has 2 aromatic carbocycles. The molecule has 8 heteroatoms. The van der Waals surface area contributed by atoms with Gasteiger partial charge in [0.1, 0.15) is 4.90 Å². The zero-order valence-corrected chi connectivity index (χ0v) is 14.4. The maximum absolute atomic E-state index is 12.3. The van der Waals surface area contributed by atoms with E-state index in [0.717, 1.165) is 0 Å². The number of halogens is 2. The number of hydrogen-bond acceptors (Lipinski definition) is 4. The molecular weight excluding hydrogens is 361 g/mol. The van der Waals surface area contributed by atoms with E-state index in [9.17, 15) is 13.2 Å². The minimum absolute atomic E-state index is 0.0331. The molecule has 0 bridgehead atoms. The molecule has 122 valence electrons. The Morgan fingerprint density at radius 3 is 2.17 bits per heavy atom. The Morgan fingerprint density at radius 1 is 1.09 bits per heavy atom. The molecule has 0 aliphatic heterocycles. The van der Waals surface area contributed by atoms with Crippen LogP contribution >= 0.6 is 23.2 Å². The highest BCUT2D eigenvalue weighted by molar-refractivity contribution is 7.89. The Morgan fingerprint density at radius 2 is 1.65 bits per heavy atom. The Labute approximate surface area is 144 Å². The smallest absolute Gasteiger partial charge is 0.337 e. The predicted octanol–water partition coefficient (Wildman–Crippen LogP) is 3.26. The molecule has 0 heterocycles. The second-order valence-corrected chi connectivity index (χ2v) is 7.08. The van der Waals surface area contributed by atoms with Crippen molar-refractivity contribution in [3.05, 3.63) is 63.6 Å². The molecule has 0 unspecified atom stereocenters. The average Bonchev–Trinajstić information content (AvgIpc) is 2.52. The lowest BCUT2D eigenvalue weighted by atomic mass is 10.1. The summed E-state index contributed by atoms with van der Waals surface area (Å²) in [4.78, 5) is 11.2. The summed E-state index contributed by atoms with van der Waals surface area (Å²) in [6.45, 7) is 0.0331. The van der Waals surface area contributed by atoms with Crippen LogP contribution in [-0.2, 0) is 21.3 Å². The largest absolute Gasteiger partial charge is 0.465 e. The first kappa shape index (κ1) is 17.7. The van der Waals surface area contributed by atoms with Gasteiger partial charge in [0.15, 0.2) is 0 Å². The number of esters is 1. The van der Waals surface area contributed by atoms with E-state index in [1.807, 2.05) is 0 Å². The predicted molar refractivity (Wildman–Crippen MR) is 88.3 cm³/mol. The molecule has 0 saturated carbocycles. The summed E-state index contributed by atoms with van der Waals surface area (Å²) < 4.78 is 31.6. The number of methoxy groups -OCH3 is 1. The number of nitrogens with one attached hydrogen (secondary N) is 1. The molecule has 23 heavy (non-hydrogen) atoms. The molecule has 0 spiro atoms. The van der Waals surface area contributed by atoms with Gasteiger partial charge in [-0.05, 0) is 29.8 Å². The van der Waals surface area contributed by atoms with Gasteiger partial charge in [-0.15, -0.1) is 0 Å². The zero-order chi connectivity index (χ0) is 17.0. The Hall–Kier alpha value is -1.60. The minimum atomic E-state index is -3.86. The third-order valence-corrected chi connectivity index (χ3v) is 5.38. The van der Waals surface area contributed by atoms with E-state index in [1.165, 1.54) is 19.2 Å². The van der Waals surface area contributed by atoms with Crippen molar-refractivity contribution in [3.63, 3.8) is 0 Å². The molecule has 0 fully saturated rings. The average molecular weight is 374 g/mol. The zero-order valence-electron chi connectivity index (χ0n) is 12.0. The molecule has 0 atom stereocenters. The first-order valence-electron chi connectivity index (χ1n) is 6.46. The van der Waals surface area contributed by atoms with Gasteiger partial charge in [-0.25, -0.2) is 17.9 Å². The van der Waals surface area contributed by atoms with Crippen molar-refractivity contribution in [2.45, 2.75) is 11.4 Å². The lowest BCUT2D eigenvalue weighted by molar-refractivity contribution is 0.0600. The lowest BCUT2D eigenvalue weighted by Crippen LogP contribution is -2.24. The number of ether oxygens (including phenoxy) is 1. The van der Waals surface area contributed by atoms with Gasteiger partial charge < -0.3 is 4.74 Å². The van der Waals surface area contributed by atoms with Crippen molar-refractivity contribution in [3.8, 4) is 0 Å². The fraction of sp³-hybridized carbons (Fsp3) is 0.133. The quantitative estimate of drug-likeness (QED) is 0.816. The molecule has 0 saturated heterocycles. The van der Waals surface area contributed by atoms with Crippen LogP contribution in [0.15, 0.2) is 47.4 Å². The summed E-state index contributed by atoms with van der Waals surface area (Å²) in [5.74, 6) is -0.458. The molecule has 0 radical (unpaired) electrons. The van der Waals surface area contributed by atoms with Gasteiger partial charge in [0, 0.05) is 6.54 Å². The standard InChI is InChI=1S/C15H13Cl2NO4S/c1-22-15(19)11-7-5-10(6-8-11)9-18-23(20,21)14-12(16)3-2-4-13(14)17/h2-8,18H,9H2,1H3. The highest BCUT2D eigenvalue weighted by atomic mass is 35.5. The monoisotopic (exact) mass is 373 g/mol. The Bertz CT molecular complexity index is 800. The number of sulfonamides is 1. The highest BCUT2D eigenvalue weighted by Crippen LogP contribution is 2.28. The summed E-state index contributed by atoms with van der Waals surface area (Å²) in [6.07, 6.45) is 0. The Balaban J connectivity index is 2.15. The summed E-state index contributed by atoms with van der Waals surface area (Å²) in [7, 11) is -2.57. The summed E-state index contributed by atoms with van der Waals surface area (Å²) in [5.41, 5.74) is 1.05. The van der Waals surface area contributed by atoms with Crippen molar-refractivity contribution >= 4 is 39.2 Å². The number of benzene rings is 2. The van der Waals surface area contributed by atoms with Gasteiger partial charge in [0.05, 0.1) is 22.7 Å². The van der Waals surface area contributed by atoms with E-state index >= 15 is 0 Å². The van der Waals surface area contributed by atoms with Crippen molar-refractivity contribution in [2.24, 2.45) is 0 Å². The summed E-state index contributed by atoms with van der Waals surface area (Å²) >= 11 is 11.8. The van der Waals surface area contributed by atoms with Crippen molar-refractivity contribution < 1.29 is 17.9 Å². The maximum Gasteiger partial charge on any atom is 0.337 e. The van der Waals surface area contributed by atoms with Crippen LogP contribution in [0.2, 0.25) is 10.0 Å². The van der Waals surface area contributed by atoms with Crippen LogP contribution in [0.1, 0.15) is 15.9 Å². The maximum atomic E-state index is 12.3. The molecule has 5 nitrogen and oxygen atoms in total. The molecule has 1 N–H and O–H groups in total. The van der Waals surface area contributed by atoms with Gasteiger partial charge in [0.25, 0.3) is 0 Å². The molecular formula is C15H13Cl2NO4S. The van der Waals surface area contributed by atoms with E-state index in [2.05, 4.69) is 9.46 Å². The summed E-state index contributed by atoms with van der Waals surface area (Å²) in [6, 6.07) is 10.8. The molecule has 0 aliphatic carbocycles. The van der Waals surface area contributed by atoms with Crippen LogP contribution in [0.25, 0.3) is 0 Å². The van der Waals surface area contributed by atoms with Crippen LogP contribution in [0.5, 0.6) is 0 Å². The first-order valence-corrected chi connectivity index (χ1v) is 8.70. The highest BCUT2D eigenvalue weighted by Gasteiger charge is 2.21. The molecule has 0 aliphatic rings. The second kappa shape index (κ2) is 7.31. The van der Waals surface area contributed by atoms with Crippen LogP contribution in [0, 0.1) is 0 Å². The van der Waals surface area contributed by atoms with Crippen molar-refractivity contribution in [1.82, 2.24) is 4.72 Å². The van der Waals surface area contributed by atoms with E-state index in [4.69, 9.17) is 23.2 Å². The minimum Gasteiger partial charge on any atom is -0.465 e. The third-order valence-electron chi connectivity index (χ3n) is 3.03. The van der Waals surface area contributed by atoms with Crippen LogP contribution in [0.3, 0.4) is 0 Å². The lowest BCUT2D eigenvalue weighted by Gasteiger charge is -2.10. The first-order chi connectivity index (χ1) is 10.8. The summed E-state index contributed by atoms with van der Waals surface area (Å²) in [5, 5.41) is 0.0945. The van der Waals surface area contributed by atoms with E-state index in [-0.39, 0.29) is 21.5 Å².